The lowest BCUT2D eigenvalue weighted by Crippen LogP contribution is -2.03. The van der Waals surface area contributed by atoms with Crippen LogP contribution in [0, 0.1) is 0 Å². The van der Waals surface area contributed by atoms with Gasteiger partial charge in [-0.05, 0) is 11.6 Å². The molecule has 2 heterocycles. The second-order valence-electron chi connectivity index (χ2n) is 2.68. The van der Waals surface area contributed by atoms with Crippen LogP contribution in [-0.2, 0) is 6.54 Å². The molecular weight excluding hydrogens is 202 g/mol. The van der Waals surface area contributed by atoms with Crippen molar-refractivity contribution in [2.45, 2.75) is 6.54 Å². The first-order valence-corrected chi connectivity index (χ1v) is 4.38. The minimum Gasteiger partial charge on any atom is -0.326 e. The molecule has 0 saturated heterocycles. The highest BCUT2D eigenvalue weighted by Crippen LogP contribution is 2.15. The van der Waals surface area contributed by atoms with Gasteiger partial charge in [0.25, 0.3) is 0 Å². The average molecular weight is 210 g/mol. The summed E-state index contributed by atoms with van der Waals surface area (Å²) in [4.78, 5) is 7.93. The third-order valence-electron chi connectivity index (χ3n) is 1.79. The van der Waals surface area contributed by atoms with Crippen molar-refractivity contribution in [3.63, 3.8) is 0 Å². The van der Waals surface area contributed by atoms with Crippen LogP contribution in [0.25, 0.3) is 5.82 Å². The van der Waals surface area contributed by atoms with Gasteiger partial charge in [-0.15, -0.1) is 0 Å². The fourth-order valence-electron chi connectivity index (χ4n) is 1.08. The Morgan fingerprint density at radius 3 is 3.00 bits per heavy atom. The standard InChI is InChI=1S/C8H8ClN5/c9-7-3-12-8(1-6(7)2-10)14-5-11-4-13-14/h1,3-5H,2,10H2. The molecule has 0 spiro atoms. The molecule has 2 N–H and O–H groups in total. The molecule has 0 saturated carbocycles. The van der Waals surface area contributed by atoms with Crippen LogP contribution < -0.4 is 5.73 Å². The molecule has 72 valence electrons. The van der Waals surface area contributed by atoms with Crippen LogP contribution in [0.1, 0.15) is 5.56 Å². The van der Waals surface area contributed by atoms with Crippen molar-refractivity contribution in [1.29, 1.82) is 0 Å². The Morgan fingerprint density at radius 1 is 1.50 bits per heavy atom. The number of pyridine rings is 1. The zero-order valence-electron chi connectivity index (χ0n) is 7.26. The van der Waals surface area contributed by atoms with E-state index in [2.05, 4.69) is 15.1 Å². The fraction of sp³-hybridized carbons (Fsp3) is 0.125. The SMILES string of the molecule is NCc1cc(-n2cncn2)ncc1Cl. The zero-order valence-corrected chi connectivity index (χ0v) is 8.02. The van der Waals surface area contributed by atoms with Crippen molar-refractivity contribution in [2.24, 2.45) is 5.73 Å². The Balaban J connectivity index is 2.46. The quantitative estimate of drug-likeness (QED) is 0.794. The van der Waals surface area contributed by atoms with Gasteiger partial charge in [-0.3, -0.25) is 0 Å². The number of aromatic nitrogens is 4. The summed E-state index contributed by atoms with van der Waals surface area (Å²) in [6, 6.07) is 1.79. The van der Waals surface area contributed by atoms with Crippen LogP contribution in [0.2, 0.25) is 5.02 Å². The minimum atomic E-state index is 0.378. The Kier molecular flexibility index (Phi) is 2.43. The van der Waals surface area contributed by atoms with Gasteiger partial charge < -0.3 is 5.73 Å². The van der Waals surface area contributed by atoms with Crippen molar-refractivity contribution in [1.82, 2.24) is 19.7 Å². The largest absolute Gasteiger partial charge is 0.326 e. The van der Waals surface area contributed by atoms with Gasteiger partial charge in [0.1, 0.15) is 12.7 Å². The van der Waals surface area contributed by atoms with Gasteiger partial charge in [-0.1, -0.05) is 11.6 Å². The van der Waals surface area contributed by atoms with E-state index in [0.29, 0.717) is 17.4 Å². The van der Waals surface area contributed by atoms with Crippen LogP contribution in [0.5, 0.6) is 0 Å². The minimum absolute atomic E-state index is 0.378. The number of nitrogens with two attached hydrogens (primary N) is 1. The van der Waals surface area contributed by atoms with E-state index in [-0.39, 0.29) is 0 Å². The highest BCUT2D eigenvalue weighted by atomic mass is 35.5. The van der Waals surface area contributed by atoms with E-state index < -0.39 is 0 Å². The molecule has 6 heteroatoms. The molecule has 2 aromatic rings. The van der Waals surface area contributed by atoms with Crippen LogP contribution in [0.4, 0.5) is 0 Å². The van der Waals surface area contributed by atoms with Gasteiger partial charge in [0.2, 0.25) is 0 Å². The normalized spacial score (nSPS) is 10.4. The van der Waals surface area contributed by atoms with Crippen molar-refractivity contribution in [3.8, 4) is 5.82 Å². The lowest BCUT2D eigenvalue weighted by molar-refractivity contribution is 0.840. The molecule has 2 aromatic heterocycles. The first-order chi connectivity index (χ1) is 6.81. The molecule has 0 atom stereocenters. The topological polar surface area (TPSA) is 69.6 Å². The zero-order chi connectivity index (χ0) is 9.97. The highest BCUT2D eigenvalue weighted by Gasteiger charge is 2.03. The second-order valence-corrected chi connectivity index (χ2v) is 3.09. The van der Waals surface area contributed by atoms with Crippen molar-refractivity contribution >= 4 is 11.6 Å². The number of hydrogen-bond donors (Lipinski definition) is 1. The fourth-order valence-corrected chi connectivity index (χ4v) is 1.26. The maximum atomic E-state index is 5.87. The summed E-state index contributed by atoms with van der Waals surface area (Å²) in [5, 5.41) is 4.52. The van der Waals surface area contributed by atoms with E-state index in [1.807, 2.05) is 0 Å². The number of rotatable bonds is 2. The smallest absolute Gasteiger partial charge is 0.155 e. The average Bonchev–Trinajstić information content (AvgIpc) is 2.71. The summed E-state index contributed by atoms with van der Waals surface area (Å²) < 4.78 is 1.55. The Bertz CT molecular complexity index is 425. The molecule has 0 aliphatic rings. The molecule has 2 rings (SSSR count). The Hall–Kier alpha value is -1.46. The number of halogens is 1. The molecule has 5 nitrogen and oxygen atoms in total. The Morgan fingerprint density at radius 2 is 2.36 bits per heavy atom. The molecule has 0 unspecified atom stereocenters. The lowest BCUT2D eigenvalue weighted by atomic mass is 10.2. The molecular formula is C8H8ClN5. The summed E-state index contributed by atoms with van der Waals surface area (Å²) in [6.07, 6.45) is 4.57. The van der Waals surface area contributed by atoms with Crippen molar-refractivity contribution in [3.05, 3.63) is 35.5 Å². The summed E-state index contributed by atoms with van der Waals surface area (Å²) in [5.74, 6) is 0.660. The first-order valence-electron chi connectivity index (χ1n) is 4.01. The Labute approximate surface area is 85.5 Å². The first kappa shape index (κ1) is 9.11. The monoisotopic (exact) mass is 209 g/mol. The molecule has 14 heavy (non-hydrogen) atoms. The van der Waals surface area contributed by atoms with Crippen molar-refractivity contribution in [2.75, 3.05) is 0 Å². The number of nitrogens with zero attached hydrogens (tertiary/aromatic N) is 4. The third-order valence-corrected chi connectivity index (χ3v) is 2.13. The maximum absolute atomic E-state index is 5.87. The summed E-state index contributed by atoms with van der Waals surface area (Å²) in [7, 11) is 0. The van der Waals surface area contributed by atoms with Gasteiger partial charge in [0, 0.05) is 12.7 Å². The van der Waals surface area contributed by atoms with Crippen LogP contribution in [-0.4, -0.2) is 19.7 Å². The van der Waals surface area contributed by atoms with Crippen LogP contribution in [0.3, 0.4) is 0 Å². The molecule has 0 amide bonds. The van der Waals surface area contributed by atoms with Gasteiger partial charge in [0.15, 0.2) is 5.82 Å². The summed E-state index contributed by atoms with van der Waals surface area (Å²) in [5.41, 5.74) is 6.36. The van der Waals surface area contributed by atoms with Gasteiger partial charge in [-0.2, -0.15) is 5.10 Å². The predicted molar refractivity (Wildman–Crippen MR) is 52.1 cm³/mol. The third kappa shape index (κ3) is 1.59. The molecule has 0 bridgehead atoms. The maximum Gasteiger partial charge on any atom is 0.155 e. The van der Waals surface area contributed by atoms with E-state index in [4.69, 9.17) is 17.3 Å². The molecule has 0 fully saturated rings. The highest BCUT2D eigenvalue weighted by molar-refractivity contribution is 6.31. The lowest BCUT2D eigenvalue weighted by Gasteiger charge is -2.03. The summed E-state index contributed by atoms with van der Waals surface area (Å²) in [6.45, 7) is 0.378. The van der Waals surface area contributed by atoms with Crippen LogP contribution >= 0.6 is 11.6 Å². The van der Waals surface area contributed by atoms with Gasteiger partial charge >= 0.3 is 0 Å². The summed E-state index contributed by atoms with van der Waals surface area (Å²) >= 11 is 5.87. The van der Waals surface area contributed by atoms with E-state index in [1.54, 1.807) is 23.3 Å². The molecule has 0 aromatic carbocycles. The molecule has 0 aliphatic carbocycles. The van der Waals surface area contributed by atoms with Crippen molar-refractivity contribution < 1.29 is 0 Å². The predicted octanol–water partition coefficient (Wildman–Crippen LogP) is 0.774. The molecule has 0 aliphatic heterocycles. The molecule has 0 radical (unpaired) electrons. The van der Waals surface area contributed by atoms with Gasteiger partial charge in [-0.25, -0.2) is 14.6 Å². The van der Waals surface area contributed by atoms with Crippen LogP contribution in [0.15, 0.2) is 24.9 Å². The van der Waals surface area contributed by atoms with E-state index in [1.165, 1.54) is 6.33 Å². The van der Waals surface area contributed by atoms with E-state index >= 15 is 0 Å². The van der Waals surface area contributed by atoms with E-state index in [9.17, 15) is 0 Å². The van der Waals surface area contributed by atoms with E-state index in [0.717, 1.165) is 5.56 Å². The van der Waals surface area contributed by atoms with Gasteiger partial charge in [0.05, 0.1) is 5.02 Å². The number of hydrogen-bond acceptors (Lipinski definition) is 4. The second kappa shape index (κ2) is 3.73.